The number of aromatic nitrogens is 2. The minimum Gasteiger partial charge on any atom is -0.465 e. The van der Waals surface area contributed by atoms with Gasteiger partial charge < -0.3 is 9.64 Å². The van der Waals surface area contributed by atoms with E-state index in [2.05, 4.69) is 5.10 Å². The lowest BCUT2D eigenvalue weighted by Crippen LogP contribution is -2.29. The number of nitrogens with zero attached hydrogens (tertiary/aromatic N) is 3. The van der Waals surface area contributed by atoms with Crippen LogP contribution in [0.1, 0.15) is 27.9 Å². The van der Waals surface area contributed by atoms with Crippen molar-refractivity contribution >= 4 is 17.6 Å². The zero-order valence-corrected chi connectivity index (χ0v) is 13.3. The van der Waals surface area contributed by atoms with E-state index in [9.17, 15) is 9.59 Å². The molecule has 0 bridgehead atoms. The standard InChI is InChI=1S/C17H19N3O3/c1-19-11-12(10-18-19)3-6-16(21)20-8-7-13-9-14(17(22)23-2)4-5-15(13)20/h4-5,9-11H,3,6-8H2,1-2H3. The maximum absolute atomic E-state index is 12.5. The van der Waals surface area contributed by atoms with E-state index < -0.39 is 0 Å². The zero-order chi connectivity index (χ0) is 16.4. The first-order valence-electron chi connectivity index (χ1n) is 7.57. The summed E-state index contributed by atoms with van der Waals surface area (Å²) in [6.45, 7) is 0.659. The molecule has 1 aromatic heterocycles. The topological polar surface area (TPSA) is 64.4 Å². The molecule has 120 valence electrons. The third-order valence-electron chi connectivity index (χ3n) is 4.08. The summed E-state index contributed by atoms with van der Waals surface area (Å²) in [5.74, 6) is -0.257. The van der Waals surface area contributed by atoms with Crippen molar-refractivity contribution in [3.8, 4) is 0 Å². The van der Waals surface area contributed by atoms with Crippen LogP contribution in [0.25, 0.3) is 0 Å². The van der Waals surface area contributed by atoms with Gasteiger partial charge in [0, 0.05) is 31.9 Å². The summed E-state index contributed by atoms with van der Waals surface area (Å²) in [5, 5.41) is 4.11. The van der Waals surface area contributed by atoms with Crippen LogP contribution in [0.4, 0.5) is 5.69 Å². The highest BCUT2D eigenvalue weighted by molar-refractivity contribution is 5.97. The van der Waals surface area contributed by atoms with Gasteiger partial charge in [0.15, 0.2) is 0 Å². The molecule has 1 aliphatic rings. The lowest BCUT2D eigenvalue weighted by molar-refractivity contribution is -0.118. The molecule has 0 atom stereocenters. The number of anilines is 1. The van der Waals surface area contributed by atoms with E-state index in [0.717, 1.165) is 23.2 Å². The van der Waals surface area contributed by atoms with Crippen LogP contribution in [0.3, 0.4) is 0 Å². The largest absolute Gasteiger partial charge is 0.465 e. The van der Waals surface area contributed by atoms with Crippen LogP contribution in [-0.4, -0.2) is 35.3 Å². The molecule has 2 aromatic rings. The number of ether oxygens (including phenoxy) is 1. The zero-order valence-electron chi connectivity index (χ0n) is 13.3. The van der Waals surface area contributed by atoms with E-state index in [-0.39, 0.29) is 11.9 Å². The van der Waals surface area contributed by atoms with E-state index in [4.69, 9.17) is 4.74 Å². The van der Waals surface area contributed by atoms with E-state index in [1.807, 2.05) is 25.4 Å². The predicted octanol–water partition coefficient (Wildman–Crippen LogP) is 1.73. The Morgan fingerprint density at radius 2 is 2.17 bits per heavy atom. The van der Waals surface area contributed by atoms with Crippen molar-refractivity contribution in [3.05, 3.63) is 47.3 Å². The molecular weight excluding hydrogens is 294 g/mol. The highest BCUT2D eigenvalue weighted by Gasteiger charge is 2.25. The first kappa shape index (κ1) is 15.3. The lowest BCUT2D eigenvalue weighted by Gasteiger charge is -2.17. The van der Waals surface area contributed by atoms with Gasteiger partial charge in [-0.2, -0.15) is 5.10 Å². The molecule has 0 fully saturated rings. The van der Waals surface area contributed by atoms with Gasteiger partial charge in [-0.3, -0.25) is 9.48 Å². The predicted molar refractivity (Wildman–Crippen MR) is 85.4 cm³/mol. The van der Waals surface area contributed by atoms with E-state index in [1.54, 1.807) is 21.8 Å². The molecule has 0 unspecified atom stereocenters. The Balaban J connectivity index is 1.69. The molecule has 0 N–H and O–H groups in total. The Bertz CT molecular complexity index is 751. The van der Waals surface area contributed by atoms with Crippen LogP contribution in [0, 0.1) is 0 Å². The van der Waals surface area contributed by atoms with Gasteiger partial charge in [0.1, 0.15) is 0 Å². The van der Waals surface area contributed by atoms with E-state index in [0.29, 0.717) is 24.9 Å². The second kappa shape index (κ2) is 6.24. The monoisotopic (exact) mass is 313 g/mol. The molecule has 0 aliphatic carbocycles. The van der Waals surface area contributed by atoms with E-state index in [1.165, 1.54) is 7.11 Å². The number of esters is 1. The second-order valence-corrected chi connectivity index (χ2v) is 5.65. The smallest absolute Gasteiger partial charge is 0.337 e. The van der Waals surface area contributed by atoms with Gasteiger partial charge in [-0.05, 0) is 42.2 Å². The van der Waals surface area contributed by atoms with Crippen molar-refractivity contribution in [2.45, 2.75) is 19.3 Å². The van der Waals surface area contributed by atoms with Crippen LogP contribution < -0.4 is 4.90 Å². The summed E-state index contributed by atoms with van der Waals surface area (Å²) >= 11 is 0. The summed E-state index contributed by atoms with van der Waals surface area (Å²) in [7, 11) is 3.23. The Morgan fingerprint density at radius 1 is 1.35 bits per heavy atom. The fourth-order valence-electron chi connectivity index (χ4n) is 2.89. The van der Waals surface area contributed by atoms with Gasteiger partial charge in [-0.1, -0.05) is 0 Å². The lowest BCUT2D eigenvalue weighted by atomic mass is 10.1. The molecule has 3 rings (SSSR count). The normalized spacial score (nSPS) is 13.0. The third-order valence-corrected chi connectivity index (χ3v) is 4.08. The number of aryl methyl sites for hydroxylation is 2. The quantitative estimate of drug-likeness (QED) is 0.806. The van der Waals surface area contributed by atoms with Crippen LogP contribution in [-0.2, 0) is 29.4 Å². The molecule has 1 amide bonds. The SMILES string of the molecule is COC(=O)c1ccc2c(c1)CCN2C(=O)CCc1cnn(C)c1. The van der Waals surface area contributed by atoms with Crippen molar-refractivity contribution < 1.29 is 14.3 Å². The molecule has 6 heteroatoms. The molecule has 1 aromatic carbocycles. The molecule has 1 aliphatic heterocycles. The Morgan fingerprint density at radius 3 is 2.87 bits per heavy atom. The number of rotatable bonds is 4. The number of carbonyl (C=O) groups is 2. The average molecular weight is 313 g/mol. The number of methoxy groups -OCH3 is 1. The molecule has 0 spiro atoms. The highest BCUT2D eigenvalue weighted by atomic mass is 16.5. The first-order valence-corrected chi connectivity index (χ1v) is 7.57. The van der Waals surface area contributed by atoms with Gasteiger partial charge in [0.2, 0.25) is 5.91 Å². The molecule has 0 saturated carbocycles. The molecule has 2 heterocycles. The van der Waals surface area contributed by atoms with Gasteiger partial charge >= 0.3 is 5.97 Å². The molecule has 6 nitrogen and oxygen atoms in total. The second-order valence-electron chi connectivity index (χ2n) is 5.65. The first-order chi connectivity index (χ1) is 11.1. The fourth-order valence-corrected chi connectivity index (χ4v) is 2.89. The number of carbonyl (C=O) groups excluding carboxylic acids is 2. The fraction of sp³-hybridized carbons (Fsp3) is 0.353. The molecular formula is C17H19N3O3. The summed E-state index contributed by atoms with van der Waals surface area (Å²) < 4.78 is 6.47. The van der Waals surface area contributed by atoms with Gasteiger partial charge in [0.25, 0.3) is 0 Å². The maximum Gasteiger partial charge on any atom is 0.337 e. The number of hydrogen-bond acceptors (Lipinski definition) is 4. The summed E-state index contributed by atoms with van der Waals surface area (Å²) in [4.78, 5) is 25.8. The van der Waals surface area contributed by atoms with Crippen LogP contribution in [0.15, 0.2) is 30.6 Å². The van der Waals surface area contributed by atoms with Crippen molar-refractivity contribution in [1.29, 1.82) is 0 Å². The van der Waals surface area contributed by atoms with E-state index >= 15 is 0 Å². The van der Waals surface area contributed by atoms with Gasteiger partial charge in [-0.15, -0.1) is 0 Å². The van der Waals surface area contributed by atoms with Crippen LogP contribution in [0.5, 0.6) is 0 Å². The van der Waals surface area contributed by atoms with Crippen molar-refractivity contribution in [1.82, 2.24) is 9.78 Å². The molecule has 23 heavy (non-hydrogen) atoms. The Kier molecular flexibility index (Phi) is 4.14. The number of amides is 1. The highest BCUT2D eigenvalue weighted by Crippen LogP contribution is 2.29. The molecule has 0 radical (unpaired) electrons. The summed E-state index contributed by atoms with van der Waals surface area (Å²) in [5.41, 5.74) is 3.49. The minimum absolute atomic E-state index is 0.0958. The van der Waals surface area contributed by atoms with Crippen molar-refractivity contribution in [2.75, 3.05) is 18.6 Å². The number of benzene rings is 1. The Hall–Kier alpha value is -2.63. The maximum atomic E-state index is 12.5. The summed E-state index contributed by atoms with van der Waals surface area (Å²) in [6.07, 6.45) is 5.60. The number of hydrogen-bond donors (Lipinski definition) is 0. The van der Waals surface area contributed by atoms with Crippen LogP contribution in [0.2, 0.25) is 0 Å². The van der Waals surface area contributed by atoms with Gasteiger partial charge in [-0.25, -0.2) is 4.79 Å². The van der Waals surface area contributed by atoms with Crippen molar-refractivity contribution in [3.63, 3.8) is 0 Å². The Labute approximate surface area is 134 Å². The summed E-state index contributed by atoms with van der Waals surface area (Å²) in [6, 6.07) is 5.35. The third kappa shape index (κ3) is 3.11. The van der Waals surface area contributed by atoms with Crippen LogP contribution >= 0.6 is 0 Å². The molecule has 0 saturated heterocycles. The average Bonchev–Trinajstić information content (AvgIpc) is 3.17. The van der Waals surface area contributed by atoms with Crippen molar-refractivity contribution in [2.24, 2.45) is 7.05 Å². The minimum atomic E-state index is -0.353. The van der Waals surface area contributed by atoms with Gasteiger partial charge in [0.05, 0.1) is 18.9 Å². The number of fused-ring (bicyclic) bond motifs is 1.